The zero-order chi connectivity index (χ0) is 13.4. The number of hydrogen-bond acceptors (Lipinski definition) is 4. The zero-order valence-electron chi connectivity index (χ0n) is 10.9. The third-order valence-corrected chi connectivity index (χ3v) is 3.01. The van der Waals surface area contributed by atoms with E-state index in [1.165, 1.54) is 0 Å². The van der Waals surface area contributed by atoms with Gasteiger partial charge in [-0.05, 0) is 32.7 Å². The Hall–Kier alpha value is -1.46. The summed E-state index contributed by atoms with van der Waals surface area (Å²) in [5.41, 5.74) is 7.57. The van der Waals surface area contributed by atoms with E-state index in [1.807, 2.05) is 20.8 Å². The van der Waals surface area contributed by atoms with Crippen LogP contribution in [-0.4, -0.2) is 47.9 Å². The van der Waals surface area contributed by atoms with E-state index in [2.05, 4.69) is 10.0 Å². The van der Waals surface area contributed by atoms with Gasteiger partial charge in [-0.15, -0.1) is 0 Å². The Labute approximate surface area is 106 Å². The van der Waals surface area contributed by atoms with Crippen LogP contribution in [0.15, 0.2) is 5.11 Å². The van der Waals surface area contributed by atoms with Crippen molar-refractivity contribution in [1.82, 2.24) is 4.90 Å². The molecule has 0 radical (unpaired) electrons. The second-order valence-electron chi connectivity index (χ2n) is 5.89. The fourth-order valence-corrected chi connectivity index (χ4v) is 2.29. The van der Waals surface area contributed by atoms with Crippen LogP contribution in [0.1, 0.15) is 27.2 Å². The topological polar surface area (TPSA) is 87.5 Å². The third-order valence-electron chi connectivity index (χ3n) is 3.01. The highest BCUT2D eigenvalue weighted by atomic mass is 16.6. The van der Waals surface area contributed by atoms with Gasteiger partial charge in [-0.1, -0.05) is 5.11 Å². The molecule has 7 heteroatoms. The van der Waals surface area contributed by atoms with E-state index in [-0.39, 0.29) is 17.7 Å². The largest absolute Gasteiger partial charge is 0.444 e. The van der Waals surface area contributed by atoms with Crippen LogP contribution in [-0.2, 0) is 9.47 Å². The Morgan fingerprint density at radius 1 is 1.56 bits per heavy atom. The zero-order valence-corrected chi connectivity index (χ0v) is 10.9. The lowest BCUT2D eigenvalue weighted by molar-refractivity contribution is -0.109. The van der Waals surface area contributed by atoms with Crippen molar-refractivity contribution in [2.24, 2.45) is 5.11 Å². The van der Waals surface area contributed by atoms with E-state index in [0.717, 1.165) is 0 Å². The highest BCUT2D eigenvalue weighted by molar-refractivity contribution is 5.69. The van der Waals surface area contributed by atoms with Gasteiger partial charge in [0.05, 0.1) is 25.7 Å². The molecule has 18 heavy (non-hydrogen) atoms. The number of nitrogens with zero attached hydrogens (tertiary/aromatic N) is 4. The van der Waals surface area contributed by atoms with Crippen molar-refractivity contribution in [2.75, 3.05) is 19.7 Å². The Balaban J connectivity index is 1.84. The quantitative estimate of drug-likeness (QED) is 0.407. The number of ether oxygens (including phenoxy) is 2. The molecule has 0 aromatic heterocycles. The lowest BCUT2D eigenvalue weighted by Crippen LogP contribution is -2.63. The van der Waals surface area contributed by atoms with Gasteiger partial charge in [-0.3, -0.25) is 0 Å². The molecule has 2 rings (SSSR count). The first-order valence-corrected chi connectivity index (χ1v) is 6.00. The molecular formula is C11H18N4O3. The number of hydrogen-bond donors (Lipinski definition) is 0. The number of amides is 1. The smallest absolute Gasteiger partial charge is 0.410 e. The molecule has 0 aliphatic carbocycles. The van der Waals surface area contributed by atoms with E-state index in [0.29, 0.717) is 26.1 Å². The Kier molecular flexibility index (Phi) is 3.12. The summed E-state index contributed by atoms with van der Waals surface area (Å²) in [5, 5.41) is 3.65. The van der Waals surface area contributed by atoms with Crippen molar-refractivity contribution < 1.29 is 14.3 Å². The highest BCUT2D eigenvalue weighted by Gasteiger charge is 2.52. The minimum atomic E-state index is -0.482. The average Bonchev–Trinajstić information content (AvgIpc) is 2.57. The lowest BCUT2D eigenvalue weighted by Gasteiger charge is -2.46. The van der Waals surface area contributed by atoms with Crippen molar-refractivity contribution in [1.29, 1.82) is 0 Å². The van der Waals surface area contributed by atoms with Gasteiger partial charge >= 0.3 is 6.09 Å². The molecular weight excluding hydrogens is 236 g/mol. The molecule has 0 bridgehead atoms. The summed E-state index contributed by atoms with van der Waals surface area (Å²) in [5.74, 6) is 0. The van der Waals surface area contributed by atoms with Crippen LogP contribution >= 0.6 is 0 Å². The van der Waals surface area contributed by atoms with Crippen molar-refractivity contribution in [3.8, 4) is 0 Å². The summed E-state index contributed by atoms with van der Waals surface area (Å²) in [6.07, 6.45) is 0.361. The SMILES string of the molecule is CC(C)(C)OC(=O)N1CC2(CC(N=[N+]=[N-])CO2)C1. The summed E-state index contributed by atoms with van der Waals surface area (Å²) >= 11 is 0. The predicted octanol–water partition coefficient (Wildman–Crippen LogP) is 2.08. The van der Waals surface area contributed by atoms with Gasteiger partial charge in [0.15, 0.2) is 0 Å². The van der Waals surface area contributed by atoms with Crippen LogP contribution in [0.25, 0.3) is 10.4 Å². The molecule has 2 heterocycles. The van der Waals surface area contributed by atoms with E-state index in [1.54, 1.807) is 4.90 Å². The maximum Gasteiger partial charge on any atom is 0.410 e. The van der Waals surface area contributed by atoms with Crippen LogP contribution in [0, 0.1) is 0 Å². The lowest BCUT2D eigenvalue weighted by atomic mass is 9.90. The number of rotatable bonds is 1. The summed E-state index contributed by atoms with van der Waals surface area (Å²) in [6.45, 7) is 6.98. The molecule has 1 spiro atoms. The molecule has 2 aliphatic heterocycles. The van der Waals surface area contributed by atoms with Gasteiger partial charge in [0.2, 0.25) is 0 Å². The maximum atomic E-state index is 11.8. The minimum Gasteiger partial charge on any atom is -0.444 e. The summed E-state index contributed by atoms with van der Waals surface area (Å²) in [7, 11) is 0. The van der Waals surface area contributed by atoms with Crippen LogP contribution in [0.3, 0.4) is 0 Å². The van der Waals surface area contributed by atoms with Crippen molar-refractivity contribution >= 4 is 6.09 Å². The van der Waals surface area contributed by atoms with Crippen LogP contribution in [0.5, 0.6) is 0 Å². The third kappa shape index (κ3) is 2.68. The molecule has 0 saturated carbocycles. The maximum absolute atomic E-state index is 11.8. The first kappa shape index (κ1) is 13.0. The molecule has 2 saturated heterocycles. The fourth-order valence-electron chi connectivity index (χ4n) is 2.29. The van der Waals surface area contributed by atoms with Gasteiger partial charge in [-0.25, -0.2) is 4.79 Å². The van der Waals surface area contributed by atoms with Gasteiger partial charge < -0.3 is 14.4 Å². The van der Waals surface area contributed by atoms with Crippen molar-refractivity contribution in [3.63, 3.8) is 0 Å². The summed E-state index contributed by atoms with van der Waals surface area (Å²) < 4.78 is 10.9. The molecule has 1 amide bonds. The van der Waals surface area contributed by atoms with Gasteiger partial charge in [0, 0.05) is 4.91 Å². The van der Waals surface area contributed by atoms with Crippen molar-refractivity contribution in [3.05, 3.63) is 10.4 Å². The number of carbonyl (C=O) groups excluding carboxylic acids is 1. The summed E-state index contributed by atoms with van der Waals surface area (Å²) in [6, 6.07) is -0.115. The van der Waals surface area contributed by atoms with Crippen LogP contribution in [0.4, 0.5) is 4.79 Å². The van der Waals surface area contributed by atoms with E-state index in [4.69, 9.17) is 15.0 Å². The first-order chi connectivity index (χ1) is 8.34. The standard InChI is InChI=1S/C11H18N4O3/c1-10(2,3)18-9(16)15-6-11(7-15)4-8(5-17-11)13-14-12/h8H,4-7H2,1-3H3. The van der Waals surface area contributed by atoms with Gasteiger partial charge in [0.1, 0.15) is 11.2 Å². The van der Waals surface area contributed by atoms with Crippen LogP contribution < -0.4 is 0 Å². The molecule has 1 atom stereocenters. The van der Waals surface area contributed by atoms with E-state index in [9.17, 15) is 4.79 Å². The molecule has 0 aromatic rings. The van der Waals surface area contributed by atoms with Crippen LogP contribution in [0.2, 0.25) is 0 Å². The molecule has 1 unspecified atom stereocenters. The predicted molar refractivity (Wildman–Crippen MR) is 64.0 cm³/mol. The normalized spacial score (nSPS) is 25.5. The summed E-state index contributed by atoms with van der Waals surface area (Å²) in [4.78, 5) is 16.2. The van der Waals surface area contributed by atoms with Crippen molar-refractivity contribution in [2.45, 2.75) is 44.4 Å². The molecule has 0 N–H and O–H groups in total. The van der Waals surface area contributed by atoms with E-state index < -0.39 is 5.60 Å². The Bertz CT molecular complexity index is 392. The number of azide groups is 1. The molecule has 0 aromatic carbocycles. The average molecular weight is 254 g/mol. The number of carbonyl (C=O) groups is 1. The number of likely N-dealkylation sites (tertiary alicyclic amines) is 1. The second kappa shape index (κ2) is 4.33. The van der Waals surface area contributed by atoms with Gasteiger partial charge in [0.25, 0.3) is 0 Å². The van der Waals surface area contributed by atoms with Gasteiger partial charge in [-0.2, -0.15) is 0 Å². The van der Waals surface area contributed by atoms with E-state index >= 15 is 0 Å². The minimum absolute atomic E-state index is 0.115. The first-order valence-electron chi connectivity index (χ1n) is 6.00. The second-order valence-corrected chi connectivity index (χ2v) is 5.89. The fraction of sp³-hybridized carbons (Fsp3) is 0.909. The molecule has 100 valence electrons. The molecule has 7 nitrogen and oxygen atoms in total. The Morgan fingerprint density at radius 2 is 2.22 bits per heavy atom. The Morgan fingerprint density at radius 3 is 2.78 bits per heavy atom. The molecule has 2 fully saturated rings. The highest BCUT2D eigenvalue weighted by Crippen LogP contribution is 2.36. The molecule has 2 aliphatic rings. The monoisotopic (exact) mass is 254 g/mol.